The molecule has 0 spiro atoms. The first-order valence-corrected chi connectivity index (χ1v) is 11.0. The molecule has 1 N–H and O–H groups in total. The molecule has 1 aliphatic heterocycles. The average Bonchev–Trinajstić information content (AvgIpc) is 3.49. The minimum Gasteiger partial charge on any atom is -0.444 e. The fourth-order valence-electron chi connectivity index (χ4n) is 3.92. The van der Waals surface area contributed by atoms with E-state index >= 15 is 0 Å². The van der Waals surface area contributed by atoms with Gasteiger partial charge in [-0.25, -0.2) is 19.4 Å². The number of hydrogen-bond donors (Lipinski definition) is 1. The molecular formula is C23H29N7O3. The lowest BCUT2D eigenvalue weighted by atomic mass is 10.0. The number of amides is 2. The van der Waals surface area contributed by atoms with Gasteiger partial charge in [-0.15, -0.1) is 0 Å². The van der Waals surface area contributed by atoms with E-state index in [0.717, 1.165) is 18.4 Å². The number of ether oxygens (including phenoxy) is 1. The fourth-order valence-corrected chi connectivity index (χ4v) is 3.92. The molecule has 1 fully saturated rings. The van der Waals surface area contributed by atoms with E-state index in [4.69, 9.17) is 4.74 Å². The Morgan fingerprint density at radius 2 is 1.97 bits per heavy atom. The van der Waals surface area contributed by atoms with Gasteiger partial charge in [-0.1, -0.05) is 6.07 Å². The Balaban J connectivity index is 1.38. The van der Waals surface area contributed by atoms with Crippen LogP contribution >= 0.6 is 0 Å². The SMILES string of the molecule is CC(C)(C)OC(=O)N1CCC(n2cccc2C(=O)NCc2cccnc2-n2cncn2)CC1. The zero-order valence-corrected chi connectivity index (χ0v) is 19.1. The second kappa shape index (κ2) is 9.43. The van der Waals surface area contributed by atoms with Crippen LogP contribution in [-0.4, -0.2) is 59.9 Å². The van der Waals surface area contributed by atoms with Gasteiger partial charge in [-0.2, -0.15) is 5.10 Å². The van der Waals surface area contributed by atoms with E-state index in [1.807, 2.05) is 55.8 Å². The summed E-state index contributed by atoms with van der Waals surface area (Å²) in [6.45, 7) is 7.09. The van der Waals surface area contributed by atoms with E-state index in [2.05, 4.69) is 20.4 Å². The predicted octanol–water partition coefficient (Wildman–Crippen LogP) is 2.97. The fraction of sp³-hybridized carbons (Fsp3) is 0.435. The molecule has 174 valence electrons. The van der Waals surface area contributed by atoms with Crippen molar-refractivity contribution >= 4 is 12.0 Å². The number of nitrogens with one attached hydrogen (secondary N) is 1. The summed E-state index contributed by atoms with van der Waals surface area (Å²) in [6, 6.07) is 7.55. The molecule has 2 amide bonds. The minimum atomic E-state index is -0.512. The van der Waals surface area contributed by atoms with Crippen molar-refractivity contribution in [3.8, 4) is 5.82 Å². The molecule has 0 bridgehead atoms. The first-order valence-electron chi connectivity index (χ1n) is 11.0. The first-order chi connectivity index (χ1) is 15.8. The van der Waals surface area contributed by atoms with Crippen molar-refractivity contribution in [3.63, 3.8) is 0 Å². The number of carbonyl (C=O) groups is 2. The monoisotopic (exact) mass is 451 g/mol. The van der Waals surface area contributed by atoms with Crippen LogP contribution in [0.5, 0.6) is 0 Å². The lowest BCUT2D eigenvalue weighted by Crippen LogP contribution is -2.42. The van der Waals surface area contributed by atoms with Gasteiger partial charge in [0.1, 0.15) is 23.9 Å². The van der Waals surface area contributed by atoms with Crippen LogP contribution in [0.2, 0.25) is 0 Å². The Labute approximate surface area is 192 Å². The molecular weight excluding hydrogens is 422 g/mol. The molecule has 3 aromatic heterocycles. The molecule has 0 atom stereocenters. The smallest absolute Gasteiger partial charge is 0.410 e. The average molecular weight is 452 g/mol. The molecule has 0 radical (unpaired) electrons. The van der Waals surface area contributed by atoms with Crippen molar-refractivity contribution in [1.82, 2.24) is 34.5 Å². The Bertz CT molecular complexity index is 1090. The van der Waals surface area contributed by atoms with Crippen LogP contribution in [0.3, 0.4) is 0 Å². The second-order valence-electron chi connectivity index (χ2n) is 9.01. The van der Waals surface area contributed by atoms with Crippen LogP contribution in [0.1, 0.15) is 55.7 Å². The van der Waals surface area contributed by atoms with E-state index in [0.29, 0.717) is 31.1 Å². The molecule has 3 aromatic rings. The van der Waals surface area contributed by atoms with Crippen molar-refractivity contribution in [3.05, 3.63) is 60.6 Å². The Kier molecular flexibility index (Phi) is 6.43. The Morgan fingerprint density at radius 3 is 2.67 bits per heavy atom. The van der Waals surface area contributed by atoms with E-state index in [9.17, 15) is 9.59 Å². The minimum absolute atomic E-state index is 0.142. The molecule has 4 rings (SSSR count). The molecule has 4 heterocycles. The van der Waals surface area contributed by atoms with E-state index < -0.39 is 5.60 Å². The molecule has 33 heavy (non-hydrogen) atoms. The third kappa shape index (κ3) is 5.39. The largest absolute Gasteiger partial charge is 0.444 e. The number of carbonyl (C=O) groups excluding carboxylic acids is 2. The van der Waals surface area contributed by atoms with E-state index in [1.165, 1.54) is 6.33 Å². The summed E-state index contributed by atoms with van der Waals surface area (Å²) in [5.41, 5.74) is 0.916. The summed E-state index contributed by atoms with van der Waals surface area (Å²) in [4.78, 5) is 35.4. The third-order valence-electron chi connectivity index (χ3n) is 5.46. The summed E-state index contributed by atoms with van der Waals surface area (Å²) in [6.07, 6.45) is 7.84. The third-order valence-corrected chi connectivity index (χ3v) is 5.46. The highest BCUT2D eigenvalue weighted by atomic mass is 16.6. The van der Waals surface area contributed by atoms with E-state index in [-0.39, 0.29) is 18.0 Å². The van der Waals surface area contributed by atoms with Crippen molar-refractivity contribution in [2.24, 2.45) is 0 Å². The number of nitrogens with zero attached hydrogens (tertiary/aromatic N) is 6. The highest BCUT2D eigenvalue weighted by Crippen LogP contribution is 2.26. The molecule has 1 saturated heterocycles. The van der Waals surface area contributed by atoms with Gasteiger partial charge in [0.05, 0.1) is 0 Å². The van der Waals surface area contributed by atoms with Gasteiger partial charge in [-0.05, 0) is 51.8 Å². The predicted molar refractivity (Wildman–Crippen MR) is 121 cm³/mol. The number of hydrogen-bond acceptors (Lipinski definition) is 6. The highest BCUT2D eigenvalue weighted by molar-refractivity contribution is 5.92. The lowest BCUT2D eigenvalue weighted by molar-refractivity contribution is 0.0187. The van der Waals surface area contributed by atoms with Gasteiger partial charge >= 0.3 is 6.09 Å². The summed E-state index contributed by atoms with van der Waals surface area (Å²) < 4.78 is 9.05. The number of piperidine rings is 1. The maximum atomic E-state index is 13.0. The summed E-state index contributed by atoms with van der Waals surface area (Å²) >= 11 is 0. The van der Waals surface area contributed by atoms with Crippen molar-refractivity contribution in [2.45, 2.75) is 51.8 Å². The van der Waals surface area contributed by atoms with Crippen LogP contribution in [0.15, 0.2) is 49.3 Å². The molecule has 0 aromatic carbocycles. The normalized spacial score (nSPS) is 14.8. The molecule has 0 unspecified atom stereocenters. The summed E-state index contributed by atoms with van der Waals surface area (Å²) in [5, 5.41) is 7.12. The molecule has 10 heteroatoms. The van der Waals surface area contributed by atoms with Crippen LogP contribution in [0.25, 0.3) is 5.82 Å². The van der Waals surface area contributed by atoms with Crippen LogP contribution < -0.4 is 5.32 Å². The van der Waals surface area contributed by atoms with Gasteiger partial charge in [0.15, 0.2) is 5.82 Å². The number of likely N-dealkylation sites (tertiary alicyclic amines) is 1. The van der Waals surface area contributed by atoms with Gasteiger partial charge in [0.2, 0.25) is 0 Å². The topological polar surface area (TPSA) is 107 Å². The molecule has 10 nitrogen and oxygen atoms in total. The van der Waals surface area contributed by atoms with Gasteiger partial charge in [-0.3, -0.25) is 4.79 Å². The zero-order valence-electron chi connectivity index (χ0n) is 19.1. The standard InChI is InChI=1S/C23H29N7O3/c1-23(2,3)33-22(32)28-12-8-18(9-13-28)29-11-5-7-19(29)21(31)26-14-17-6-4-10-25-20(17)30-16-24-15-27-30/h4-7,10-11,15-16,18H,8-9,12-14H2,1-3H3,(H,26,31). The quantitative estimate of drug-likeness (QED) is 0.639. The van der Waals surface area contributed by atoms with Crippen molar-refractivity contribution in [2.75, 3.05) is 13.1 Å². The first kappa shape index (κ1) is 22.5. The summed E-state index contributed by atoms with van der Waals surface area (Å²) in [7, 11) is 0. The van der Waals surface area contributed by atoms with Gasteiger partial charge < -0.3 is 19.5 Å². The number of pyridine rings is 1. The van der Waals surface area contributed by atoms with Crippen LogP contribution in [-0.2, 0) is 11.3 Å². The maximum Gasteiger partial charge on any atom is 0.410 e. The maximum absolute atomic E-state index is 13.0. The molecule has 0 aliphatic carbocycles. The highest BCUT2D eigenvalue weighted by Gasteiger charge is 2.28. The number of rotatable bonds is 5. The van der Waals surface area contributed by atoms with Crippen molar-refractivity contribution in [1.29, 1.82) is 0 Å². The Hall–Kier alpha value is -3.69. The molecule has 0 saturated carbocycles. The molecule has 1 aliphatic rings. The summed E-state index contributed by atoms with van der Waals surface area (Å²) in [5.74, 6) is 0.461. The van der Waals surface area contributed by atoms with Crippen LogP contribution in [0.4, 0.5) is 4.79 Å². The Morgan fingerprint density at radius 1 is 1.18 bits per heavy atom. The van der Waals surface area contributed by atoms with Crippen LogP contribution in [0, 0.1) is 0 Å². The zero-order chi connectivity index (χ0) is 23.4. The van der Waals surface area contributed by atoms with E-state index in [1.54, 1.807) is 22.1 Å². The number of aromatic nitrogens is 5. The second-order valence-corrected chi connectivity index (χ2v) is 9.01. The van der Waals surface area contributed by atoms with Crippen molar-refractivity contribution < 1.29 is 14.3 Å². The van der Waals surface area contributed by atoms with Gasteiger partial charge in [0, 0.05) is 43.6 Å². The van der Waals surface area contributed by atoms with Gasteiger partial charge in [0.25, 0.3) is 5.91 Å². The lowest BCUT2D eigenvalue weighted by Gasteiger charge is -2.34.